The van der Waals surface area contributed by atoms with Crippen LogP contribution in [-0.2, 0) is 15.6 Å². The van der Waals surface area contributed by atoms with Crippen molar-refractivity contribution < 1.29 is 9.00 Å². The molecule has 1 aromatic rings. The molecule has 0 aromatic heterocycles. The molecule has 1 saturated carbocycles. The fraction of sp³-hybridized carbons (Fsp3) is 0.533. The number of hydrogen-bond acceptors (Lipinski definition) is 3. The van der Waals surface area contributed by atoms with Crippen molar-refractivity contribution in [1.82, 2.24) is 5.32 Å². The molecular formula is C15H21BrN2O2S. The van der Waals surface area contributed by atoms with Gasteiger partial charge in [-0.15, -0.1) is 0 Å². The molecule has 2 unspecified atom stereocenters. The maximum Gasteiger partial charge on any atom is 0.236 e. The van der Waals surface area contributed by atoms with E-state index in [1.807, 2.05) is 0 Å². The maximum absolute atomic E-state index is 12.6. The van der Waals surface area contributed by atoms with E-state index < -0.39 is 16.0 Å². The second-order valence-corrected chi connectivity index (χ2v) is 8.12. The molecule has 1 amide bonds. The van der Waals surface area contributed by atoms with E-state index in [9.17, 15) is 9.00 Å². The van der Waals surface area contributed by atoms with Crippen molar-refractivity contribution in [3.8, 4) is 0 Å². The summed E-state index contributed by atoms with van der Waals surface area (Å²) in [6.07, 6.45) is 5.58. The summed E-state index contributed by atoms with van der Waals surface area (Å²) in [6, 6.07) is 5.44. The Balaban J connectivity index is 2.04. The zero-order valence-corrected chi connectivity index (χ0v) is 14.5. The summed E-state index contributed by atoms with van der Waals surface area (Å²) in [5.74, 6) is -0.153. The van der Waals surface area contributed by atoms with E-state index in [2.05, 4.69) is 21.2 Å². The van der Waals surface area contributed by atoms with Gasteiger partial charge in [-0.3, -0.25) is 9.00 Å². The molecule has 1 fully saturated rings. The molecule has 0 spiro atoms. The molecule has 4 nitrogen and oxygen atoms in total. The summed E-state index contributed by atoms with van der Waals surface area (Å²) >= 11 is 3.34. The van der Waals surface area contributed by atoms with Gasteiger partial charge in [0.25, 0.3) is 0 Å². The molecule has 0 aliphatic heterocycles. The number of halogens is 1. The fourth-order valence-electron chi connectivity index (χ4n) is 2.54. The summed E-state index contributed by atoms with van der Waals surface area (Å²) in [5, 5.41) is 2.41. The molecule has 3 N–H and O–H groups in total. The number of anilines is 1. The van der Waals surface area contributed by atoms with E-state index in [0.717, 1.165) is 30.2 Å². The minimum atomic E-state index is -1.45. The molecule has 1 aromatic carbocycles. The predicted octanol–water partition coefficient (Wildman–Crippen LogP) is 2.98. The van der Waals surface area contributed by atoms with Crippen LogP contribution >= 0.6 is 15.9 Å². The second kappa shape index (κ2) is 7.40. The van der Waals surface area contributed by atoms with Crippen LogP contribution in [0.4, 0.5) is 5.69 Å². The fourth-order valence-corrected chi connectivity index (χ4v) is 4.24. The highest BCUT2D eigenvalue weighted by Gasteiger charge is 2.25. The molecule has 2 rings (SSSR count). The van der Waals surface area contributed by atoms with Crippen molar-refractivity contribution in [3.63, 3.8) is 0 Å². The van der Waals surface area contributed by atoms with Crippen LogP contribution in [0, 0.1) is 0 Å². The molecule has 2 atom stereocenters. The van der Waals surface area contributed by atoms with Crippen LogP contribution in [0.15, 0.2) is 27.6 Å². The van der Waals surface area contributed by atoms with Gasteiger partial charge in [-0.05, 0) is 38.0 Å². The SMILES string of the molecule is CC(C(=O)NC1CCCCC1)S(=O)c1cc(Br)ccc1N. The molecule has 1 aliphatic rings. The van der Waals surface area contributed by atoms with E-state index >= 15 is 0 Å². The van der Waals surface area contributed by atoms with Crippen LogP contribution in [0.3, 0.4) is 0 Å². The number of hydrogen-bond donors (Lipinski definition) is 2. The highest BCUT2D eigenvalue weighted by atomic mass is 79.9. The lowest BCUT2D eigenvalue weighted by Gasteiger charge is -2.24. The molecule has 1 aliphatic carbocycles. The molecule has 116 valence electrons. The number of nitrogens with one attached hydrogen (secondary N) is 1. The lowest BCUT2D eigenvalue weighted by Crippen LogP contribution is -2.42. The van der Waals surface area contributed by atoms with Crippen LogP contribution < -0.4 is 11.1 Å². The van der Waals surface area contributed by atoms with Gasteiger partial charge in [0.05, 0.1) is 15.7 Å². The first-order chi connectivity index (χ1) is 9.99. The van der Waals surface area contributed by atoms with E-state index in [1.165, 1.54) is 6.42 Å². The first-order valence-electron chi connectivity index (χ1n) is 7.25. The molecular weight excluding hydrogens is 352 g/mol. The molecule has 0 saturated heterocycles. The minimum absolute atomic E-state index is 0.153. The van der Waals surface area contributed by atoms with Gasteiger partial charge in [-0.2, -0.15) is 0 Å². The van der Waals surface area contributed by atoms with Gasteiger partial charge in [0, 0.05) is 16.2 Å². The quantitative estimate of drug-likeness (QED) is 0.797. The van der Waals surface area contributed by atoms with Crippen LogP contribution in [0.2, 0.25) is 0 Å². The summed E-state index contributed by atoms with van der Waals surface area (Å²) in [4.78, 5) is 12.8. The third-order valence-electron chi connectivity index (χ3n) is 3.83. The third-order valence-corrected chi connectivity index (χ3v) is 5.97. The Kier molecular flexibility index (Phi) is 5.81. The highest BCUT2D eigenvalue weighted by Crippen LogP contribution is 2.24. The van der Waals surface area contributed by atoms with E-state index in [4.69, 9.17) is 5.73 Å². The number of rotatable bonds is 4. The van der Waals surface area contributed by atoms with Gasteiger partial charge in [-0.25, -0.2) is 0 Å². The minimum Gasteiger partial charge on any atom is -0.398 e. The third kappa shape index (κ3) is 4.30. The predicted molar refractivity (Wildman–Crippen MR) is 89.4 cm³/mol. The van der Waals surface area contributed by atoms with Crippen LogP contribution in [0.1, 0.15) is 39.0 Å². The molecule has 6 heteroatoms. The number of carbonyl (C=O) groups excluding carboxylic acids is 1. The van der Waals surface area contributed by atoms with Crippen LogP contribution in [0.25, 0.3) is 0 Å². The monoisotopic (exact) mass is 372 g/mol. The molecule has 0 radical (unpaired) electrons. The van der Waals surface area contributed by atoms with E-state index in [0.29, 0.717) is 10.6 Å². The second-order valence-electron chi connectivity index (χ2n) is 5.47. The molecule has 0 bridgehead atoms. The smallest absolute Gasteiger partial charge is 0.236 e. The Bertz CT molecular complexity index is 544. The molecule has 21 heavy (non-hydrogen) atoms. The Morgan fingerprint density at radius 3 is 2.71 bits per heavy atom. The number of nitrogen functional groups attached to an aromatic ring is 1. The number of carbonyl (C=O) groups is 1. The number of benzene rings is 1. The lowest BCUT2D eigenvalue weighted by atomic mass is 9.95. The Morgan fingerprint density at radius 1 is 1.38 bits per heavy atom. The zero-order chi connectivity index (χ0) is 15.4. The Morgan fingerprint density at radius 2 is 2.05 bits per heavy atom. The van der Waals surface area contributed by atoms with Gasteiger partial charge < -0.3 is 11.1 Å². The van der Waals surface area contributed by atoms with Gasteiger partial charge in [0.1, 0.15) is 5.25 Å². The van der Waals surface area contributed by atoms with Crippen molar-refractivity contribution in [1.29, 1.82) is 0 Å². The first-order valence-corrected chi connectivity index (χ1v) is 9.25. The number of amides is 1. The average molecular weight is 373 g/mol. The highest BCUT2D eigenvalue weighted by molar-refractivity contribution is 9.10. The van der Waals surface area contributed by atoms with Gasteiger partial charge in [-0.1, -0.05) is 35.2 Å². The topological polar surface area (TPSA) is 72.2 Å². The Hall–Kier alpha value is -0.880. The van der Waals surface area contributed by atoms with Crippen LogP contribution in [0.5, 0.6) is 0 Å². The van der Waals surface area contributed by atoms with Crippen LogP contribution in [-0.4, -0.2) is 21.4 Å². The number of nitrogens with two attached hydrogens (primary N) is 1. The van der Waals surface area contributed by atoms with E-state index in [1.54, 1.807) is 25.1 Å². The summed E-state index contributed by atoms with van der Waals surface area (Å²) < 4.78 is 13.4. The first kappa shape index (κ1) is 16.5. The van der Waals surface area contributed by atoms with Crippen molar-refractivity contribution >= 4 is 38.3 Å². The van der Waals surface area contributed by atoms with Crippen molar-refractivity contribution in [3.05, 3.63) is 22.7 Å². The van der Waals surface area contributed by atoms with Gasteiger partial charge >= 0.3 is 0 Å². The maximum atomic E-state index is 12.6. The van der Waals surface area contributed by atoms with Crippen molar-refractivity contribution in [2.24, 2.45) is 0 Å². The van der Waals surface area contributed by atoms with E-state index in [-0.39, 0.29) is 11.9 Å². The van der Waals surface area contributed by atoms with Crippen molar-refractivity contribution in [2.45, 2.75) is 55.2 Å². The zero-order valence-electron chi connectivity index (χ0n) is 12.1. The standard InChI is InChI=1S/C15H21BrN2O2S/c1-10(15(19)18-12-5-3-2-4-6-12)21(20)14-9-11(16)7-8-13(14)17/h7-10,12H,2-6,17H2,1H3,(H,18,19). The van der Waals surface area contributed by atoms with Crippen molar-refractivity contribution in [2.75, 3.05) is 5.73 Å². The summed E-state index contributed by atoms with van der Waals surface area (Å²) in [6.45, 7) is 1.69. The van der Waals surface area contributed by atoms with Gasteiger partial charge in [0.2, 0.25) is 5.91 Å². The Labute approximate surface area is 136 Å². The van der Waals surface area contributed by atoms with Gasteiger partial charge in [0.15, 0.2) is 0 Å². The summed E-state index contributed by atoms with van der Waals surface area (Å²) in [5.41, 5.74) is 6.32. The lowest BCUT2D eigenvalue weighted by molar-refractivity contribution is -0.121. The summed E-state index contributed by atoms with van der Waals surface area (Å²) in [7, 11) is -1.45. The normalized spacial score (nSPS) is 19.0. The molecule has 0 heterocycles. The average Bonchev–Trinajstić information content (AvgIpc) is 2.49. The largest absolute Gasteiger partial charge is 0.398 e.